The molecule has 5 heteroatoms. The summed E-state index contributed by atoms with van der Waals surface area (Å²) in [5.74, 6) is -0.201. The Kier molecular flexibility index (Phi) is 3.71. The average molecular weight is 297 g/mol. The lowest BCUT2D eigenvalue weighted by atomic mass is 9.87. The maximum Gasteiger partial charge on any atom is 0.250 e. The lowest BCUT2D eigenvalue weighted by molar-refractivity contribution is -0.127. The SMILES string of the molecule is C=CC(=O)N1CCCC(c2ccc(C(N)=O)c3[nH]ccc23)C1. The fourth-order valence-electron chi connectivity index (χ4n) is 3.30. The number of H-pyrrole nitrogens is 1. The van der Waals surface area contributed by atoms with E-state index < -0.39 is 5.91 Å². The van der Waals surface area contributed by atoms with Gasteiger partial charge in [0, 0.05) is 30.6 Å². The molecule has 22 heavy (non-hydrogen) atoms. The zero-order valence-corrected chi connectivity index (χ0v) is 12.3. The van der Waals surface area contributed by atoms with E-state index in [0.29, 0.717) is 12.1 Å². The Morgan fingerprint density at radius 3 is 2.91 bits per heavy atom. The van der Waals surface area contributed by atoms with Gasteiger partial charge in [-0.2, -0.15) is 0 Å². The second-order valence-electron chi connectivity index (χ2n) is 5.66. The van der Waals surface area contributed by atoms with Crippen LogP contribution in [0.25, 0.3) is 10.9 Å². The summed E-state index contributed by atoms with van der Waals surface area (Å²) >= 11 is 0. The molecule has 2 heterocycles. The van der Waals surface area contributed by atoms with E-state index in [-0.39, 0.29) is 11.8 Å². The number of nitrogens with two attached hydrogens (primary N) is 1. The maximum atomic E-state index is 11.8. The van der Waals surface area contributed by atoms with Crippen molar-refractivity contribution in [1.82, 2.24) is 9.88 Å². The summed E-state index contributed by atoms with van der Waals surface area (Å²) in [4.78, 5) is 28.3. The second-order valence-corrected chi connectivity index (χ2v) is 5.66. The van der Waals surface area contributed by atoms with Crippen LogP contribution in [0.4, 0.5) is 0 Å². The van der Waals surface area contributed by atoms with E-state index in [9.17, 15) is 9.59 Å². The van der Waals surface area contributed by atoms with Gasteiger partial charge in [0.15, 0.2) is 0 Å². The highest BCUT2D eigenvalue weighted by molar-refractivity contribution is 6.05. The van der Waals surface area contributed by atoms with Gasteiger partial charge in [-0.15, -0.1) is 0 Å². The number of likely N-dealkylation sites (tertiary alicyclic amines) is 1. The first-order valence-corrected chi connectivity index (χ1v) is 7.43. The molecule has 3 rings (SSSR count). The normalized spacial score (nSPS) is 18.4. The third-order valence-corrected chi connectivity index (χ3v) is 4.37. The fraction of sp³-hybridized carbons (Fsp3) is 0.294. The molecule has 2 aromatic rings. The van der Waals surface area contributed by atoms with Crippen molar-refractivity contribution in [2.45, 2.75) is 18.8 Å². The van der Waals surface area contributed by atoms with Crippen LogP contribution in [-0.4, -0.2) is 34.8 Å². The van der Waals surface area contributed by atoms with Crippen LogP contribution < -0.4 is 5.73 Å². The Hall–Kier alpha value is -2.56. The van der Waals surface area contributed by atoms with Gasteiger partial charge in [0.1, 0.15) is 0 Å². The van der Waals surface area contributed by atoms with E-state index in [1.165, 1.54) is 6.08 Å². The highest BCUT2D eigenvalue weighted by Gasteiger charge is 2.25. The van der Waals surface area contributed by atoms with Crippen molar-refractivity contribution < 1.29 is 9.59 Å². The number of hydrogen-bond acceptors (Lipinski definition) is 2. The van der Waals surface area contributed by atoms with E-state index in [2.05, 4.69) is 11.6 Å². The van der Waals surface area contributed by atoms with Gasteiger partial charge in [-0.1, -0.05) is 12.6 Å². The molecular weight excluding hydrogens is 278 g/mol. The summed E-state index contributed by atoms with van der Waals surface area (Å²) in [6.45, 7) is 5.02. The summed E-state index contributed by atoms with van der Waals surface area (Å²) in [5, 5.41) is 1.01. The largest absolute Gasteiger partial charge is 0.366 e. The van der Waals surface area contributed by atoms with Gasteiger partial charge in [-0.25, -0.2) is 0 Å². The molecule has 114 valence electrons. The molecular formula is C17H19N3O2. The van der Waals surface area contributed by atoms with Crippen molar-refractivity contribution in [1.29, 1.82) is 0 Å². The number of fused-ring (bicyclic) bond motifs is 1. The van der Waals surface area contributed by atoms with E-state index in [0.717, 1.165) is 35.9 Å². The molecule has 0 bridgehead atoms. The third-order valence-electron chi connectivity index (χ3n) is 4.37. The van der Waals surface area contributed by atoms with Crippen LogP contribution in [0.15, 0.2) is 37.1 Å². The Morgan fingerprint density at radius 2 is 2.18 bits per heavy atom. The molecule has 2 amide bonds. The highest BCUT2D eigenvalue weighted by Crippen LogP contribution is 2.33. The molecule has 1 aliphatic heterocycles. The van der Waals surface area contributed by atoms with Crippen LogP contribution >= 0.6 is 0 Å². The van der Waals surface area contributed by atoms with Gasteiger partial charge in [0.05, 0.1) is 11.1 Å². The van der Waals surface area contributed by atoms with Gasteiger partial charge < -0.3 is 15.6 Å². The number of amides is 2. The van der Waals surface area contributed by atoms with Gasteiger partial charge in [0.2, 0.25) is 5.91 Å². The van der Waals surface area contributed by atoms with Gasteiger partial charge in [-0.05, 0) is 36.6 Å². The standard InChI is InChI=1S/C17H19N3O2/c1-2-15(21)20-9-3-4-11(10-20)12-5-6-14(17(18)22)16-13(12)7-8-19-16/h2,5-8,11,19H,1,3-4,9-10H2,(H2,18,22). The molecule has 0 aliphatic carbocycles. The Labute approximate surface area is 128 Å². The molecule has 0 saturated carbocycles. The predicted molar refractivity (Wildman–Crippen MR) is 85.6 cm³/mol. The number of carbonyl (C=O) groups excluding carboxylic acids is 2. The number of rotatable bonds is 3. The van der Waals surface area contributed by atoms with Crippen molar-refractivity contribution in [2.75, 3.05) is 13.1 Å². The van der Waals surface area contributed by atoms with Crippen LogP contribution in [0.2, 0.25) is 0 Å². The summed E-state index contributed by atoms with van der Waals surface area (Å²) in [6.07, 6.45) is 5.17. The molecule has 1 saturated heterocycles. The van der Waals surface area contributed by atoms with Crippen LogP contribution in [0.5, 0.6) is 0 Å². The van der Waals surface area contributed by atoms with Crippen molar-refractivity contribution in [3.8, 4) is 0 Å². The molecule has 1 aromatic carbocycles. The van der Waals surface area contributed by atoms with Crippen LogP contribution in [0, 0.1) is 0 Å². The zero-order chi connectivity index (χ0) is 15.7. The smallest absolute Gasteiger partial charge is 0.250 e. The maximum absolute atomic E-state index is 11.8. The van der Waals surface area contributed by atoms with E-state index in [4.69, 9.17) is 5.73 Å². The van der Waals surface area contributed by atoms with E-state index in [1.807, 2.05) is 23.2 Å². The third kappa shape index (κ3) is 2.39. The Morgan fingerprint density at radius 1 is 1.36 bits per heavy atom. The molecule has 1 fully saturated rings. The number of benzene rings is 1. The lowest BCUT2D eigenvalue weighted by Gasteiger charge is -2.32. The molecule has 1 aromatic heterocycles. The quantitative estimate of drug-likeness (QED) is 0.851. The van der Waals surface area contributed by atoms with Gasteiger partial charge >= 0.3 is 0 Å². The molecule has 1 aliphatic rings. The number of aromatic nitrogens is 1. The molecule has 1 atom stereocenters. The van der Waals surface area contributed by atoms with Crippen molar-refractivity contribution in [2.24, 2.45) is 5.73 Å². The zero-order valence-electron chi connectivity index (χ0n) is 12.3. The summed E-state index contributed by atoms with van der Waals surface area (Å²) < 4.78 is 0. The van der Waals surface area contributed by atoms with E-state index >= 15 is 0 Å². The Balaban J connectivity index is 1.98. The number of aromatic amines is 1. The minimum Gasteiger partial charge on any atom is -0.366 e. The van der Waals surface area contributed by atoms with Crippen molar-refractivity contribution >= 4 is 22.7 Å². The Bertz CT molecular complexity index is 747. The first kappa shape index (κ1) is 14.4. The van der Waals surface area contributed by atoms with Crippen LogP contribution in [-0.2, 0) is 4.79 Å². The molecule has 1 unspecified atom stereocenters. The predicted octanol–water partition coefficient (Wildman–Crippen LogP) is 2.16. The number of carbonyl (C=O) groups is 2. The minimum absolute atomic E-state index is 0.0243. The first-order valence-electron chi connectivity index (χ1n) is 7.43. The summed E-state index contributed by atoms with van der Waals surface area (Å²) in [5.41, 5.74) is 7.85. The lowest BCUT2D eigenvalue weighted by Crippen LogP contribution is -2.38. The van der Waals surface area contributed by atoms with Gasteiger partial charge in [0.25, 0.3) is 5.91 Å². The first-order chi connectivity index (χ1) is 10.6. The number of nitrogens with zero attached hydrogens (tertiary/aromatic N) is 1. The van der Waals surface area contributed by atoms with E-state index in [1.54, 1.807) is 6.07 Å². The monoisotopic (exact) mass is 297 g/mol. The minimum atomic E-state index is -0.439. The molecule has 3 N–H and O–H groups in total. The average Bonchev–Trinajstić information content (AvgIpc) is 3.02. The number of primary amides is 1. The molecule has 0 spiro atoms. The summed E-state index contributed by atoms with van der Waals surface area (Å²) in [7, 11) is 0. The number of hydrogen-bond donors (Lipinski definition) is 2. The topological polar surface area (TPSA) is 79.2 Å². The fourth-order valence-corrected chi connectivity index (χ4v) is 3.30. The van der Waals surface area contributed by atoms with Crippen molar-refractivity contribution in [3.63, 3.8) is 0 Å². The number of piperidine rings is 1. The van der Waals surface area contributed by atoms with Crippen molar-refractivity contribution in [3.05, 3.63) is 48.2 Å². The number of nitrogens with one attached hydrogen (secondary N) is 1. The molecule has 5 nitrogen and oxygen atoms in total. The van der Waals surface area contributed by atoms with Crippen LogP contribution in [0.3, 0.4) is 0 Å². The summed E-state index contributed by atoms with van der Waals surface area (Å²) in [6, 6.07) is 5.69. The van der Waals surface area contributed by atoms with Crippen LogP contribution in [0.1, 0.15) is 34.7 Å². The second kappa shape index (κ2) is 5.67. The highest BCUT2D eigenvalue weighted by atomic mass is 16.2. The van der Waals surface area contributed by atoms with Gasteiger partial charge in [-0.3, -0.25) is 9.59 Å². The molecule has 0 radical (unpaired) electrons.